The zero-order valence-corrected chi connectivity index (χ0v) is 18.9. The molecule has 1 rings (SSSR count). The molecule has 2 N–H and O–H groups in total. The first kappa shape index (κ1) is 26.4. The molecule has 0 atom stereocenters. The molecule has 0 aromatic heterocycles. The molecule has 1 aromatic rings. The lowest BCUT2D eigenvalue weighted by Gasteiger charge is -2.15. The van der Waals surface area contributed by atoms with E-state index in [2.05, 4.69) is 25.1 Å². The van der Waals surface area contributed by atoms with Gasteiger partial charge in [-0.1, -0.05) is 30.5 Å². The number of hydrogen-bond donors (Lipinski definition) is 2. The number of ether oxygens (including phenoxy) is 2. The van der Waals surface area contributed by atoms with Crippen LogP contribution in [0, 0.1) is 6.92 Å². The molecule has 0 heterocycles. The van der Waals surface area contributed by atoms with Crippen molar-refractivity contribution < 1.29 is 23.0 Å². The van der Waals surface area contributed by atoms with Gasteiger partial charge >= 0.3 is 12.6 Å². The van der Waals surface area contributed by atoms with Crippen LogP contribution in [-0.4, -0.2) is 39.2 Å². The summed E-state index contributed by atoms with van der Waals surface area (Å²) in [6.45, 7) is 0.0838. The van der Waals surface area contributed by atoms with E-state index < -0.39 is 6.61 Å². The second-order valence-electron chi connectivity index (χ2n) is 6.08. The average molecular weight is 513 g/mol. The summed E-state index contributed by atoms with van der Waals surface area (Å²) in [5, 5.41) is 6.29. The minimum Gasteiger partial charge on any atom is -0.469 e. The molecule has 9 heteroatoms. The van der Waals surface area contributed by atoms with Crippen molar-refractivity contribution in [2.45, 2.75) is 52.2 Å². The molecule has 0 saturated heterocycles. The highest BCUT2D eigenvalue weighted by molar-refractivity contribution is 14.0. The Morgan fingerprint density at radius 3 is 2.54 bits per heavy atom. The molecule has 160 valence electrons. The number of benzene rings is 1. The van der Waals surface area contributed by atoms with E-state index in [1.165, 1.54) is 7.11 Å². The molecule has 0 aliphatic carbocycles. The number of nitrogens with one attached hydrogen (secondary N) is 2. The van der Waals surface area contributed by atoms with Gasteiger partial charge in [0.2, 0.25) is 0 Å². The Morgan fingerprint density at radius 1 is 1.18 bits per heavy atom. The third-order valence-corrected chi connectivity index (χ3v) is 3.93. The molecule has 0 spiro atoms. The number of alkyl halides is 2. The predicted molar refractivity (Wildman–Crippen MR) is 117 cm³/mol. The number of methoxy groups -OCH3 is 1. The molecule has 0 radical (unpaired) electrons. The van der Waals surface area contributed by atoms with Crippen molar-refractivity contribution in [2.24, 2.45) is 4.99 Å². The van der Waals surface area contributed by atoms with E-state index in [0.717, 1.165) is 37.8 Å². The molecule has 28 heavy (non-hydrogen) atoms. The van der Waals surface area contributed by atoms with Gasteiger partial charge in [-0.2, -0.15) is 8.78 Å². The number of nitrogens with zero attached hydrogens (tertiary/aromatic N) is 1. The zero-order valence-electron chi connectivity index (χ0n) is 16.6. The van der Waals surface area contributed by atoms with Crippen LogP contribution in [0.1, 0.15) is 43.2 Å². The molecule has 0 saturated carbocycles. The Bertz CT molecular complexity index is 616. The molecule has 0 aliphatic heterocycles. The summed E-state index contributed by atoms with van der Waals surface area (Å²) in [4.78, 5) is 15.1. The van der Waals surface area contributed by atoms with Gasteiger partial charge in [-0.15, -0.1) is 24.0 Å². The minimum atomic E-state index is -2.86. The number of aryl methyl sites for hydroxylation is 1. The number of carbonyl (C=O) groups is 1. The van der Waals surface area contributed by atoms with Crippen molar-refractivity contribution in [2.75, 3.05) is 20.7 Å². The number of hydrogen-bond acceptors (Lipinski definition) is 4. The van der Waals surface area contributed by atoms with E-state index in [-0.39, 0.29) is 35.7 Å². The average Bonchev–Trinajstić information content (AvgIpc) is 2.64. The fraction of sp³-hybridized carbons (Fsp3) is 0.579. The monoisotopic (exact) mass is 513 g/mol. The van der Waals surface area contributed by atoms with Crippen LogP contribution < -0.4 is 15.4 Å². The van der Waals surface area contributed by atoms with Crippen molar-refractivity contribution in [1.82, 2.24) is 10.6 Å². The highest BCUT2D eigenvalue weighted by atomic mass is 127. The quantitative estimate of drug-likeness (QED) is 0.154. The molecule has 0 amide bonds. The third-order valence-electron chi connectivity index (χ3n) is 3.93. The molecule has 0 fully saturated rings. The van der Waals surface area contributed by atoms with E-state index in [1.807, 2.05) is 6.92 Å². The van der Waals surface area contributed by atoms with Gasteiger partial charge in [-0.05, 0) is 25.8 Å². The molecule has 1 aromatic carbocycles. The zero-order chi connectivity index (χ0) is 20.1. The first-order chi connectivity index (χ1) is 13.0. The van der Waals surface area contributed by atoms with Crippen LogP contribution >= 0.6 is 24.0 Å². The van der Waals surface area contributed by atoms with Gasteiger partial charge in [-0.3, -0.25) is 9.79 Å². The molecule has 0 unspecified atom stereocenters. The Labute approximate surface area is 182 Å². The lowest BCUT2D eigenvalue weighted by molar-refractivity contribution is -0.140. The van der Waals surface area contributed by atoms with Crippen LogP contribution in [0.4, 0.5) is 8.78 Å². The maximum Gasteiger partial charge on any atom is 0.387 e. The Morgan fingerprint density at radius 2 is 1.89 bits per heavy atom. The lowest BCUT2D eigenvalue weighted by atomic mass is 10.1. The van der Waals surface area contributed by atoms with E-state index >= 15 is 0 Å². The number of guanidine groups is 1. The summed E-state index contributed by atoms with van der Waals surface area (Å²) >= 11 is 0. The van der Waals surface area contributed by atoms with Crippen molar-refractivity contribution in [3.05, 3.63) is 29.3 Å². The van der Waals surface area contributed by atoms with Crippen LogP contribution in [0.2, 0.25) is 0 Å². The van der Waals surface area contributed by atoms with Crippen molar-refractivity contribution in [3.63, 3.8) is 0 Å². The van der Waals surface area contributed by atoms with E-state index in [0.29, 0.717) is 24.5 Å². The molecular formula is C19H30F2IN3O3. The minimum absolute atomic E-state index is 0. The van der Waals surface area contributed by atoms with Gasteiger partial charge in [0.05, 0.1) is 7.11 Å². The normalized spacial score (nSPS) is 11.0. The van der Waals surface area contributed by atoms with Gasteiger partial charge in [-0.25, -0.2) is 0 Å². The van der Waals surface area contributed by atoms with Crippen LogP contribution in [0.15, 0.2) is 23.2 Å². The van der Waals surface area contributed by atoms with E-state index in [4.69, 9.17) is 0 Å². The van der Waals surface area contributed by atoms with Crippen molar-refractivity contribution in [1.29, 1.82) is 0 Å². The van der Waals surface area contributed by atoms with Crippen LogP contribution in [0.25, 0.3) is 0 Å². The van der Waals surface area contributed by atoms with Gasteiger partial charge < -0.3 is 20.1 Å². The Balaban J connectivity index is 0.00000729. The fourth-order valence-electron chi connectivity index (χ4n) is 2.51. The van der Waals surface area contributed by atoms with Gasteiger partial charge in [0.1, 0.15) is 5.75 Å². The first-order valence-corrected chi connectivity index (χ1v) is 9.02. The van der Waals surface area contributed by atoms with Crippen molar-refractivity contribution in [3.8, 4) is 5.75 Å². The van der Waals surface area contributed by atoms with E-state index in [1.54, 1.807) is 25.2 Å². The Hall–Kier alpha value is -1.65. The number of carbonyl (C=O) groups excluding carboxylic acids is 1. The second-order valence-corrected chi connectivity index (χ2v) is 6.08. The second kappa shape index (κ2) is 15.3. The first-order valence-electron chi connectivity index (χ1n) is 9.02. The highest BCUT2D eigenvalue weighted by Crippen LogP contribution is 2.21. The lowest BCUT2D eigenvalue weighted by Crippen LogP contribution is -2.37. The van der Waals surface area contributed by atoms with Crippen LogP contribution in [0.5, 0.6) is 5.75 Å². The van der Waals surface area contributed by atoms with Gasteiger partial charge in [0, 0.05) is 32.1 Å². The predicted octanol–water partition coefficient (Wildman–Crippen LogP) is 4.00. The van der Waals surface area contributed by atoms with E-state index in [9.17, 15) is 13.6 Å². The summed E-state index contributed by atoms with van der Waals surface area (Å²) in [5.74, 6) is 0.572. The van der Waals surface area contributed by atoms with Crippen LogP contribution in [0.3, 0.4) is 0 Å². The topological polar surface area (TPSA) is 72.0 Å². The smallest absolute Gasteiger partial charge is 0.387 e. The van der Waals surface area contributed by atoms with Gasteiger partial charge in [0.25, 0.3) is 0 Å². The molecule has 0 aliphatic rings. The molecule has 6 nitrogen and oxygen atoms in total. The standard InChI is InChI=1S/C19H29F2N3O3.HI/c1-14-9-10-16(27-18(20)21)15(12-14)13-24-19(22-2)23-11-7-5-4-6-8-17(25)26-3;/h9-10,12,18H,4-8,11,13H2,1-3H3,(H2,22,23,24);1H. The summed E-state index contributed by atoms with van der Waals surface area (Å²) < 4.78 is 34.2. The van der Waals surface area contributed by atoms with Crippen LogP contribution in [-0.2, 0) is 16.1 Å². The highest BCUT2D eigenvalue weighted by Gasteiger charge is 2.10. The third kappa shape index (κ3) is 11.3. The summed E-state index contributed by atoms with van der Waals surface area (Å²) in [7, 11) is 3.04. The molecule has 0 bridgehead atoms. The summed E-state index contributed by atoms with van der Waals surface area (Å²) in [6.07, 6.45) is 4.16. The van der Waals surface area contributed by atoms with Crippen molar-refractivity contribution >= 4 is 35.9 Å². The summed E-state index contributed by atoms with van der Waals surface area (Å²) in [5.41, 5.74) is 1.60. The largest absolute Gasteiger partial charge is 0.469 e. The maximum absolute atomic E-state index is 12.5. The number of esters is 1. The number of rotatable bonds is 11. The SMILES string of the molecule is CN=C(NCCCCCCC(=O)OC)NCc1cc(C)ccc1OC(F)F.I. The number of halogens is 3. The number of aliphatic imine (C=N–C) groups is 1. The maximum atomic E-state index is 12.5. The molecular weight excluding hydrogens is 483 g/mol. The number of unbranched alkanes of at least 4 members (excludes halogenated alkanes) is 3. The fourth-order valence-corrected chi connectivity index (χ4v) is 2.51. The summed E-state index contributed by atoms with van der Waals surface area (Å²) in [6, 6.07) is 5.08. The Kier molecular flexibility index (Phi) is 14.4. The van der Waals surface area contributed by atoms with Gasteiger partial charge in [0.15, 0.2) is 5.96 Å².